The van der Waals surface area contributed by atoms with Gasteiger partial charge in [-0.2, -0.15) is 0 Å². The van der Waals surface area contributed by atoms with Gasteiger partial charge in [0.1, 0.15) is 0 Å². The summed E-state index contributed by atoms with van der Waals surface area (Å²) in [6.45, 7) is 3.62. The molecule has 1 heterocycles. The minimum atomic E-state index is -1.03. The maximum Gasteiger partial charge on any atom is 0.337 e. The van der Waals surface area contributed by atoms with Gasteiger partial charge in [0.05, 0.1) is 11.3 Å². The third-order valence-electron chi connectivity index (χ3n) is 3.32. The highest BCUT2D eigenvalue weighted by atomic mass is 16.4. The molecule has 0 spiro atoms. The van der Waals surface area contributed by atoms with Crippen molar-refractivity contribution in [3.63, 3.8) is 0 Å². The van der Waals surface area contributed by atoms with E-state index in [9.17, 15) is 9.59 Å². The molecule has 1 saturated heterocycles. The summed E-state index contributed by atoms with van der Waals surface area (Å²) in [6, 6.07) is 5.00. The summed E-state index contributed by atoms with van der Waals surface area (Å²) in [5.74, 6) is -0.805. The number of carboxylic acids is 1. The van der Waals surface area contributed by atoms with Crippen molar-refractivity contribution in [2.45, 2.75) is 19.8 Å². The summed E-state index contributed by atoms with van der Waals surface area (Å²) in [6.07, 6.45) is 1.42. The Morgan fingerprint density at radius 1 is 1.47 bits per heavy atom. The first kappa shape index (κ1) is 13.5. The maximum atomic E-state index is 11.9. The van der Waals surface area contributed by atoms with Crippen LogP contribution in [-0.4, -0.2) is 30.1 Å². The Balaban J connectivity index is 2.05. The van der Waals surface area contributed by atoms with Crippen LogP contribution in [0.15, 0.2) is 18.2 Å². The van der Waals surface area contributed by atoms with Crippen LogP contribution in [0.25, 0.3) is 0 Å². The Kier molecular flexibility index (Phi) is 4.16. The molecule has 102 valence electrons. The van der Waals surface area contributed by atoms with Crippen molar-refractivity contribution in [1.82, 2.24) is 5.32 Å². The molecule has 1 unspecified atom stereocenters. The van der Waals surface area contributed by atoms with Gasteiger partial charge in [-0.15, -0.1) is 0 Å². The van der Waals surface area contributed by atoms with E-state index in [1.54, 1.807) is 18.2 Å². The summed E-state index contributed by atoms with van der Waals surface area (Å²) < 4.78 is 0. The monoisotopic (exact) mass is 262 g/mol. The predicted octanol–water partition coefficient (Wildman–Crippen LogP) is 1.63. The number of aryl methyl sites for hydroxylation is 1. The Bertz CT molecular complexity index is 493. The van der Waals surface area contributed by atoms with E-state index in [4.69, 9.17) is 5.11 Å². The fourth-order valence-corrected chi connectivity index (χ4v) is 2.30. The molecule has 1 atom stereocenters. The van der Waals surface area contributed by atoms with Crippen LogP contribution in [0.4, 0.5) is 5.69 Å². The number of carbonyl (C=O) groups excluding carboxylic acids is 1. The summed E-state index contributed by atoms with van der Waals surface area (Å²) in [5, 5.41) is 15.0. The molecule has 1 aliphatic heterocycles. The van der Waals surface area contributed by atoms with E-state index in [-0.39, 0.29) is 11.5 Å². The fourth-order valence-electron chi connectivity index (χ4n) is 2.30. The summed E-state index contributed by atoms with van der Waals surface area (Å²) in [4.78, 5) is 23.0. The second-order valence-electron chi connectivity index (χ2n) is 4.97. The largest absolute Gasteiger partial charge is 0.478 e. The van der Waals surface area contributed by atoms with Crippen LogP contribution in [-0.2, 0) is 4.79 Å². The van der Waals surface area contributed by atoms with Gasteiger partial charge in [0.25, 0.3) is 0 Å². The lowest BCUT2D eigenvalue weighted by atomic mass is 10.0. The van der Waals surface area contributed by atoms with Crippen LogP contribution in [0.1, 0.15) is 28.8 Å². The van der Waals surface area contributed by atoms with Gasteiger partial charge in [0, 0.05) is 6.42 Å². The molecule has 0 aliphatic carbocycles. The molecule has 1 fully saturated rings. The summed E-state index contributed by atoms with van der Waals surface area (Å²) in [5.41, 5.74) is 1.36. The van der Waals surface area contributed by atoms with Crippen LogP contribution < -0.4 is 10.6 Å². The third-order valence-corrected chi connectivity index (χ3v) is 3.32. The fraction of sp³-hybridized carbons (Fsp3) is 0.429. The average Bonchev–Trinajstić information content (AvgIpc) is 2.83. The molecule has 1 amide bonds. The first-order valence-corrected chi connectivity index (χ1v) is 6.41. The molecule has 0 bridgehead atoms. The van der Waals surface area contributed by atoms with Crippen molar-refractivity contribution in [1.29, 1.82) is 0 Å². The smallest absolute Gasteiger partial charge is 0.337 e. The number of nitrogens with one attached hydrogen (secondary N) is 2. The van der Waals surface area contributed by atoms with Crippen molar-refractivity contribution in [3.05, 3.63) is 29.3 Å². The highest BCUT2D eigenvalue weighted by molar-refractivity contribution is 6.00. The van der Waals surface area contributed by atoms with Gasteiger partial charge in [-0.25, -0.2) is 4.79 Å². The summed E-state index contributed by atoms with van der Waals surface area (Å²) in [7, 11) is 0. The highest BCUT2D eigenvalue weighted by Gasteiger charge is 2.19. The van der Waals surface area contributed by atoms with Crippen LogP contribution >= 0.6 is 0 Å². The van der Waals surface area contributed by atoms with Crippen LogP contribution in [0.2, 0.25) is 0 Å². The normalized spacial score (nSPS) is 18.3. The van der Waals surface area contributed by atoms with E-state index in [1.165, 1.54) is 0 Å². The van der Waals surface area contributed by atoms with E-state index in [1.807, 2.05) is 6.92 Å². The average molecular weight is 262 g/mol. The third kappa shape index (κ3) is 3.54. The molecular weight excluding hydrogens is 244 g/mol. The Morgan fingerprint density at radius 3 is 2.89 bits per heavy atom. The van der Waals surface area contributed by atoms with Gasteiger partial charge in [0.15, 0.2) is 0 Å². The molecule has 2 rings (SSSR count). The van der Waals surface area contributed by atoms with Gasteiger partial charge in [-0.05, 0) is 44.5 Å². The highest BCUT2D eigenvalue weighted by Crippen LogP contribution is 2.19. The topological polar surface area (TPSA) is 78.4 Å². The van der Waals surface area contributed by atoms with E-state index >= 15 is 0 Å². The molecule has 19 heavy (non-hydrogen) atoms. The van der Waals surface area contributed by atoms with Crippen LogP contribution in [0, 0.1) is 12.8 Å². The summed E-state index contributed by atoms with van der Waals surface area (Å²) >= 11 is 0. The van der Waals surface area contributed by atoms with Gasteiger partial charge in [0.2, 0.25) is 5.91 Å². The number of rotatable bonds is 4. The van der Waals surface area contributed by atoms with Crippen molar-refractivity contribution < 1.29 is 14.7 Å². The number of carboxylic acid groups (broad SMARTS) is 1. The zero-order valence-corrected chi connectivity index (χ0v) is 10.9. The molecule has 3 N–H and O–H groups in total. The molecule has 1 aromatic carbocycles. The molecule has 5 heteroatoms. The van der Waals surface area contributed by atoms with E-state index in [0.717, 1.165) is 25.1 Å². The molecule has 5 nitrogen and oxygen atoms in total. The number of hydrogen-bond acceptors (Lipinski definition) is 3. The van der Waals surface area contributed by atoms with Crippen molar-refractivity contribution in [2.75, 3.05) is 18.4 Å². The minimum Gasteiger partial charge on any atom is -0.478 e. The first-order chi connectivity index (χ1) is 9.06. The first-order valence-electron chi connectivity index (χ1n) is 6.41. The van der Waals surface area contributed by atoms with Gasteiger partial charge in [-0.1, -0.05) is 11.6 Å². The molecule has 0 aromatic heterocycles. The van der Waals surface area contributed by atoms with E-state index < -0.39 is 5.97 Å². The molecule has 1 aromatic rings. The lowest BCUT2D eigenvalue weighted by Crippen LogP contribution is -2.19. The maximum absolute atomic E-state index is 11.9. The van der Waals surface area contributed by atoms with Gasteiger partial charge in [-0.3, -0.25) is 4.79 Å². The van der Waals surface area contributed by atoms with Crippen molar-refractivity contribution in [2.24, 2.45) is 5.92 Å². The molecule has 0 saturated carbocycles. The number of amides is 1. The second-order valence-corrected chi connectivity index (χ2v) is 4.97. The molecule has 0 radical (unpaired) electrons. The van der Waals surface area contributed by atoms with Crippen molar-refractivity contribution in [3.8, 4) is 0 Å². The van der Waals surface area contributed by atoms with E-state index in [2.05, 4.69) is 10.6 Å². The Morgan fingerprint density at radius 2 is 2.26 bits per heavy atom. The van der Waals surface area contributed by atoms with E-state index in [0.29, 0.717) is 18.0 Å². The van der Waals surface area contributed by atoms with Gasteiger partial charge < -0.3 is 15.7 Å². The zero-order valence-electron chi connectivity index (χ0n) is 10.9. The Labute approximate surface area is 112 Å². The molecular formula is C14H18N2O3. The van der Waals surface area contributed by atoms with Gasteiger partial charge >= 0.3 is 5.97 Å². The van der Waals surface area contributed by atoms with Crippen LogP contribution in [0.3, 0.4) is 0 Å². The van der Waals surface area contributed by atoms with Crippen molar-refractivity contribution >= 4 is 17.6 Å². The number of anilines is 1. The number of benzene rings is 1. The standard InChI is InChI=1S/C14H18N2O3/c1-9-2-3-12(11(6-9)14(18)19)16-13(17)7-10-4-5-15-8-10/h2-3,6,10,15H,4-5,7-8H2,1H3,(H,16,17)(H,18,19). The van der Waals surface area contributed by atoms with Crippen LogP contribution in [0.5, 0.6) is 0 Å². The predicted molar refractivity (Wildman–Crippen MR) is 72.4 cm³/mol. The number of aromatic carboxylic acids is 1. The Hall–Kier alpha value is -1.88. The molecule has 1 aliphatic rings. The lowest BCUT2D eigenvalue weighted by molar-refractivity contribution is -0.116. The quantitative estimate of drug-likeness (QED) is 0.770. The zero-order chi connectivity index (χ0) is 13.8. The lowest BCUT2D eigenvalue weighted by Gasteiger charge is -2.11. The second kappa shape index (κ2) is 5.84. The number of hydrogen-bond donors (Lipinski definition) is 3. The number of carbonyl (C=O) groups is 2. The minimum absolute atomic E-state index is 0.125. The SMILES string of the molecule is Cc1ccc(NC(=O)CC2CCNC2)c(C(=O)O)c1.